The second-order valence-electron chi connectivity index (χ2n) is 5.60. The van der Waals surface area contributed by atoms with E-state index in [0.717, 1.165) is 25.7 Å². The summed E-state index contributed by atoms with van der Waals surface area (Å²) in [4.78, 5) is 11.9. The van der Waals surface area contributed by atoms with Gasteiger partial charge < -0.3 is 20.5 Å². The fourth-order valence-electron chi connectivity index (χ4n) is 2.49. The van der Waals surface area contributed by atoms with Crippen LogP contribution in [0.25, 0.3) is 0 Å². The molecule has 1 aromatic rings. The Kier molecular flexibility index (Phi) is 9.87. The number of benzene rings is 1. The van der Waals surface area contributed by atoms with Gasteiger partial charge in [-0.3, -0.25) is 4.79 Å². The van der Waals surface area contributed by atoms with E-state index in [1.54, 1.807) is 0 Å². The van der Waals surface area contributed by atoms with Crippen LogP contribution in [-0.4, -0.2) is 37.8 Å². The van der Waals surface area contributed by atoms with Gasteiger partial charge in [0.25, 0.3) is 0 Å². The molecule has 1 heterocycles. The number of hydrogen-bond acceptors (Lipinski definition) is 4. The number of rotatable bonds is 9. The summed E-state index contributed by atoms with van der Waals surface area (Å²) in [5.41, 5.74) is 6.72. The van der Waals surface area contributed by atoms with Crippen molar-refractivity contribution in [3.63, 3.8) is 0 Å². The normalized spacial score (nSPS) is 20.0. The van der Waals surface area contributed by atoms with Crippen LogP contribution in [0.15, 0.2) is 30.3 Å². The number of amides is 1. The molecular weight excluding hydrogens is 316 g/mol. The van der Waals surface area contributed by atoms with E-state index in [1.165, 1.54) is 5.56 Å². The van der Waals surface area contributed by atoms with Crippen LogP contribution >= 0.6 is 12.4 Å². The van der Waals surface area contributed by atoms with Crippen LogP contribution in [0.4, 0.5) is 0 Å². The zero-order valence-corrected chi connectivity index (χ0v) is 14.2. The largest absolute Gasteiger partial charge is 0.377 e. The number of ether oxygens (including phenoxy) is 2. The number of carbonyl (C=O) groups excluding carboxylic acids is 1. The molecule has 130 valence electrons. The summed E-state index contributed by atoms with van der Waals surface area (Å²) in [5, 5.41) is 2.92. The van der Waals surface area contributed by atoms with Crippen molar-refractivity contribution < 1.29 is 14.3 Å². The van der Waals surface area contributed by atoms with Crippen LogP contribution in [0, 0.1) is 0 Å². The predicted octanol–water partition coefficient (Wildman–Crippen LogP) is 2.03. The van der Waals surface area contributed by atoms with Gasteiger partial charge in [-0.2, -0.15) is 0 Å². The third kappa shape index (κ3) is 7.31. The van der Waals surface area contributed by atoms with E-state index in [2.05, 4.69) is 17.4 Å². The summed E-state index contributed by atoms with van der Waals surface area (Å²) >= 11 is 0. The Morgan fingerprint density at radius 1 is 1.26 bits per heavy atom. The molecule has 1 aromatic carbocycles. The zero-order valence-electron chi connectivity index (χ0n) is 13.4. The molecule has 2 atom stereocenters. The summed E-state index contributed by atoms with van der Waals surface area (Å²) in [6, 6.07) is 10.1. The molecule has 0 radical (unpaired) electrons. The lowest BCUT2D eigenvalue weighted by Gasteiger charge is -2.12. The highest BCUT2D eigenvalue weighted by molar-refractivity contribution is 5.85. The monoisotopic (exact) mass is 342 g/mol. The topological polar surface area (TPSA) is 73.6 Å². The molecule has 3 N–H and O–H groups in total. The molecule has 0 unspecified atom stereocenters. The van der Waals surface area contributed by atoms with E-state index in [0.29, 0.717) is 26.3 Å². The van der Waals surface area contributed by atoms with Crippen molar-refractivity contribution in [2.45, 2.75) is 44.5 Å². The van der Waals surface area contributed by atoms with Crippen LogP contribution in [-0.2, 0) is 20.9 Å². The maximum atomic E-state index is 11.9. The number of nitrogens with one attached hydrogen (secondary N) is 1. The third-order valence-electron chi connectivity index (χ3n) is 3.79. The predicted molar refractivity (Wildman–Crippen MR) is 92.5 cm³/mol. The van der Waals surface area contributed by atoms with Gasteiger partial charge in [-0.15, -0.1) is 12.4 Å². The Labute approximate surface area is 144 Å². The third-order valence-corrected chi connectivity index (χ3v) is 3.79. The number of nitrogens with two attached hydrogens (primary N) is 1. The zero-order chi connectivity index (χ0) is 15.6. The molecule has 5 nitrogen and oxygen atoms in total. The molecule has 1 saturated heterocycles. The first kappa shape index (κ1) is 19.9. The SMILES string of the molecule is Cl.NC[C@H]1CC[C@@H](C(=O)NCCCCOCc2ccccc2)O1. The fraction of sp³-hybridized carbons (Fsp3) is 0.588. The van der Waals surface area contributed by atoms with Crippen molar-refractivity contribution in [2.24, 2.45) is 5.73 Å². The average Bonchev–Trinajstić information content (AvgIpc) is 3.04. The molecular formula is C17H27ClN2O3. The Morgan fingerprint density at radius 3 is 2.74 bits per heavy atom. The second-order valence-corrected chi connectivity index (χ2v) is 5.60. The summed E-state index contributed by atoms with van der Waals surface area (Å²) in [6.45, 7) is 2.51. The van der Waals surface area contributed by atoms with Gasteiger partial charge in [0.1, 0.15) is 6.10 Å². The lowest BCUT2D eigenvalue weighted by Crippen LogP contribution is -2.36. The summed E-state index contributed by atoms with van der Waals surface area (Å²) in [7, 11) is 0. The van der Waals surface area contributed by atoms with Crippen molar-refractivity contribution >= 4 is 18.3 Å². The first-order chi connectivity index (χ1) is 10.8. The minimum atomic E-state index is -0.317. The van der Waals surface area contributed by atoms with E-state index < -0.39 is 0 Å². The lowest BCUT2D eigenvalue weighted by atomic mass is 10.2. The molecule has 0 saturated carbocycles. The van der Waals surface area contributed by atoms with Gasteiger partial charge in [-0.05, 0) is 31.2 Å². The molecule has 0 aliphatic carbocycles. The first-order valence-electron chi connectivity index (χ1n) is 8.04. The number of hydrogen-bond donors (Lipinski definition) is 2. The molecule has 1 aliphatic rings. The highest BCUT2D eigenvalue weighted by Gasteiger charge is 2.29. The lowest BCUT2D eigenvalue weighted by molar-refractivity contribution is -0.131. The van der Waals surface area contributed by atoms with Crippen molar-refractivity contribution in [1.29, 1.82) is 0 Å². The van der Waals surface area contributed by atoms with Crippen LogP contribution in [0.2, 0.25) is 0 Å². The molecule has 1 aliphatic heterocycles. The second kappa shape index (κ2) is 11.4. The van der Waals surface area contributed by atoms with Gasteiger partial charge >= 0.3 is 0 Å². The minimum absolute atomic E-state index is 0. The maximum Gasteiger partial charge on any atom is 0.249 e. The first-order valence-corrected chi connectivity index (χ1v) is 8.04. The Balaban J connectivity index is 0.00000264. The number of halogens is 1. The molecule has 1 amide bonds. The quantitative estimate of drug-likeness (QED) is 0.673. The van der Waals surface area contributed by atoms with E-state index in [9.17, 15) is 4.79 Å². The highest BCUT2D eigenvalue weighted by atomic mass is 35.5. The van der Waals surface area contributed by atoms with Gasteiger partial charge in [0.2, 0.25) is 5.91 Å². The van der Waals surface area contributed by atoms with Gasteiger partial charge in [0.15, 0.2) is 0 Å². The van der Waals surface area contributed by atoms with Crippen LogP contribution in [0.3, 0.4) is 0 Å². The highest BCUT2D eigenvalue weighted by Crippen LogP contribution is 2.18. The maximum absolute atomic E-state index is 11.9. The smallest absolute Gasteiger partial charge is 0.249 e. The van der Waals surface area contributed by atoms with Crippen molar-refractivity contribution in [3.05, 3.63) is 35.9 Å². The molecule has 1 fully saturated rings. The van der Waals surface area contributed by atoms with E-state index >= 15 is 0 Å². The van der Waals surface area contributed by atoms with E-state index in [1.807, 2.05) is 18.2 Å². The van der Waals surface area contributed by atoms with Crippen LogP contribution < -0.4 is 11.1 Å². The molecule has 0 bridgehead atoms. The van der Waals surface area contributed by atoms with Crippen LogP contribution in [0.1, 0.15) is 31.2 Å². The molecule has 23 heavy (non-hydrogen) atoms. The van der Waals surface area contributed by atoms with E-state index in [-0.39, 0.29) is 30.5 Å². The Morgan fingerprint density at radius 2 is 2.04 bits per heavy atom. The van der Waals surface area contributed by atoms with Gasteiger partial charge in [-0.1, -0.05) is 30.3 Å². The molecule has 2 rings (SSSR count). The van der Waals surface area contributed by atoms with Crippen molar-refractivity contribution in [1.82, 2.24) is 5.32 Å². The molecule has 6 heteroatoms. The van der Waals surface area contributed by atoms with E-state index in [4.69, 9.17) is 15.2 Å². The molecule has 0 aromatic heterocycles. The van der Waals surface area contributed by atoms with Gasteiger partial charge in [-0.25, -0.2) is 0 Å². The van der Waals surface area contributed by atoms with Crippen LogP contribution in [0.5, 0.6) is 0 Å². The number of unbranched alkanes of at least 4 members (excludes halogenated alkanes) is 1. The van der Waals surface area contributed by atoms with Crippen molar-refractivity contribution in [3.8, 4) is 0 Å². The Bertz CT molecular complexity index is 445. The fourth-order valence-corrected chi connectivity index (χ4v) is 2.49. The number of carbonyl (C=O) groups is 1. The van der Waals surface area contributed by atoms with Gasteiger partial charge in [0.05, 0.1) is 12.7 Å². The minimum Gasteiger partial charge on any atom is -0.377 e. The summed E-state index contributed by atoms with van der Waals surface area (Å²) in [6.07, 6.45) is 3.22. The average molecular weight is 343 g/mol. The summed E-state index contributed by atoms with van der Waals surface area (Å²) < 4.78 is 11.2. The Hall–Kier alpha value is -1.14. The standard InChI is InChI=1S/C17H26N2O3.ClH/c18-12-15-8-9-16(22-15)17(20)19-10-4-5-11-21-13-14-6-2-1-3-7-14;/h1-3,6-7,15-16H,4-5,8-13,18H2,(H,19,20);1H/t15-,16+;/m1./s1. The van der Waals surface area contributed by atoms with Crippen molar-refractivity contribution in [2.75, 3.05) is 19.7 Å². The van der Waals surface area contributed by atoms with Gasteiger partial charge in [0, 0.05) is 19.7 Å². The molecule has 0 spiro atoms. The summed E-state index contributed by atoms with van der Waals surface area (Å²) in [5.74, 6) is -0.0128.